The monoisotopic (exact) mass is 325 g/mol. The van der Waals surface area contributed by atoms with Crippen LogP contribution in [0.25, 0.3) is 11.6 Å². The minimum absolute atomic E-state index is 0.223. The molecule has 1 aromatic heterocycles. The third-order valence-corrected chi connectivity index (χ3v) is 3.47. The summed E-state index contributed by atoms with van der Waals surface area (Å²) in [6, 6.07) is 5.19. The van der Waals surface area contributed by atoms with Crippen molar-refractivity contribution < 1.29 is 17.7 Å². The molecule has 0 bridgehead atoms. The number of alkyl halides is 3. The second-order valence-corrected chi connectivity index (χ2v) is 5.35. The molecule has 124 valence electrons. The summed E-state index contributed by atoms with van der Waals surface area (Å²) in [5.74, 6) is 0.916. The third kappa shape index (κ3) is 4.66. The number of nitrogens with zero attached hydrogens (tertiary/aromatic N) is 2. The summed E-state index contributed by atoms with van der Waals surface area (Å²) in [5.41, 5.74) is 0.743. The first-order chi connectivity index (χ1) is 10.8. The first kappa shape index (κ1) is 17.2. The van der Waals surface area contributed by atoms with Gasteiger partial charge in [-0.25, -0.2) is 0 Å². The van der Waals surface area contributed by atoms with Crippen LogP contribution in [0.1, 0.15) is 36.7 Å². The van der Waals surface area contributed by atoms with Crippen molar-refractivity contribution >= 4 is 11.6 Å². The van der Waals surface area contributed by atoms with Gasteiger partial charge in [-0.3, -0.25) is 0 Å². The molecule has 7 heteroatoms. The van der Waals surface area contributed by atoms with Crippen LogP contribution < -0.4 is 5.32 Å². The molecule has 0 spiro atoms. The Morgan fingerprint density at radius 2 is 1.96 bits per heavy atom. The van der Waals surface area contributed by atoms with E-state index in [1.165, 1.54) is 12.1 Å². The highest BCUT2D eigenvalue weighted by Crippen LogP contribution is 2.30. The van der Waals surface area contributed by atoms with E-state index < -0.39 is 11.7 Å². The standard InChI is InChI=1S/C16H18F3N3O/c1-10(12-4-6-13(7-5-12)16(17,18)19)8-15-21-14(22-23-15)9-11(2)20-3/h4-8,11,20H,9H2,1-3H3/b10-8-. The second kappa shape index (κ2) is 6.95. The van der Waals surface area contributed by atoms with Crippen LogP contribution in [0.2, 0.25) is 0 Å². The van der Waals surface area contributed by atoms with E-state index in [0.29, 0.717) is 23.7 Å². The number of hydrogen-bond donors (Lipinski definition) is 1. The summed E-state index contributed by atoms with van der Waals surface area (Å²) in [4.78, 5) is 4.25. The van der Waals surface area contributed by atoms with E-state index in [9.17, 15) is 13.2 Å². The van der Waals surface area contributed by atoms with Crippen molar-refractivity contribution in [1.29, 1.82) is 0 Å². The predicted octanol–water partition coefficient (Wildman–Crippen LogP) is 3.80. The average Bonchev–Trinajstić information content (AvgIpc) is 2.93. The highest BCUT2D eigenvalue weighted by Gasteiger charge is 2.29. The molecule has 0 amide bonds. The van der Waals surface area contributed by atoms with Crippen LogP contribution in [-0.2, 0) is 12.6 Å². The molecule has 1 N–H and O–H groups in total. The molecule has 2 aromatic rings. The van der Waals surface area contributed by atoms with Gasteiger partial charge in [0.2, 0.25) is 0 Å². The van der Waals surface area contributed by atoms with Crippen molar-refractivity contribution in [2.24, 2.45) is 0 Å². The van der Waals surface area contributed by atoms with Gasteiger partial charge >= 0.3 is 6.18 Å². The minimum atomic E-state index is -4.33. The van der Waals surface area contributed by atoms with E-state index in [1.807, 2.05) is 14.0 Å². The molecule has 1 aromatic carbocycles. The third-order valence-electron chi connectivity index (χ3n) is 3.47. The average molecular weight is 325 g/mol. The van der Waals surface area contributed by atoms with Crippen molar-refractivity contribution in [3.05, 3.63) is 47.1 Å². The van der Waals surface area contributed by atoms with E-state index in [1.54, 1.807) is 13.0 Å². The molecule has 1 unspecified atom stereocenters. The molecular weight excluding hydrogens is 307 g/mol. The first-order valence-corrected chi connectivity index (χ1v) is 7.15. The lowest BCUT2D eigenvalue weighted by molar-refractivity contribution is -0.137. The van der Waals surface area contributed by atoms with Crippen molar-refractivity contribution in [3.8, 4) is 0 Å². The second-order valence-electron chi connectivity index (χ2n) is 5.35. The summed E-state index contributed by atoms with van der Waals surface area (Å²) in [6.07, 6.45) is -2.04. The van der Waals surface area contributed by atoms with Gasteiger partial charge in [-0.1, -0.05) is 17.3 Å². The Labute approximate surface area is 132 Å². The number of rotatable bonds is 5. The quantitative estimate of drug-likeness (QED) is 0.908. The van der Waals surface area contributed by atoms with E-state index in [4.69, 9.17) is 4.52 Å². The molecule has 23 heavy (non-hydrogen) atoms. The van der Waals surface area contributed by atoms with E-state index >= 15 is 0 Å². The van der Waals surface area contributed by atoms with Crippen LogP contribution in [0.4, 0.5) is 13.2 Å². The number of allylic oxidation sites excluding steroid dienone is 1. The summed E-state index contributed by atoms with van der Waals surface area (Å²) in [7, 11) is 1.85. The zero-order chi connectivity index (χ0) is 17.0. The molecule has 4 nitrogen and oxygen atoms in total. The van der Waals surface area contributed by atoms with Gasteiger partial charge in [0.1, 0.15) is 0 Å². The van der Waals surface area contributed by atoms with Gasteiger partial charge in [0.05, 0.1) is 5.56 Å². The molecule has 2 rings (SSSR count). The number of likely N-dealkylation sites (N-methyl/N-ethyl adjacent to an activating group) is 1. The summed E-state index contributed by atoms with van der Waals surface area (Å²) >= 11 is 0. The van der Waals surface area contributed by atoms with Crippen molar-refractivity contribution in [1.82, 2.24) is 15.5 Å². The molecule has 0 radical (unpaired) electrons. The number of halogens is 3. The summed E-state index contributed by atoms with van der Waals surface area (Å²) in [5, 5.41) is 6.96. The van der Waals surface area contributed by atoms with Crippen LogP contribution in [0.15, 0.2) is 28.8 Å². The Morgan fingerprint density at radius 1 is 1.30 bits per heavy atom. The maximum Gasteiger partial charge on any atom is 0.416 e. The van der Waals surface area contributed by atoms with Crippen molar-refractivity contribution in [2.75, 3.05) is 7.05 Å². The van der Waals surface area contributed by atoms with E-state index in [2.05, 4.69) is 15.5 Å². The first-order valence-electron chi connectivity index (χ1n) is 7.15. The zero-order valence-electron chi connectivity index (χ0n) is 13.1. The van der Waals surface area contributed by atoms with Gasteiger partial charge in [0, 0.05) is 18.5 Å². The smallest absolute Gasteiger partial charge is 0.335 e. The largest absolute Gasteiger partial charge is 0.416 e. The number of hydrogen-bond acceptors (Lipinski definition) is 4. The van der Waals surface area contributed by atoms with Gasteiger partial charge in [0.15, 0.2) is 5.82 Å². The SMILES string of the molecule is CNC(C)Cc1noc(/C=C(/C)c2ccc(C(F)(F)F)cc2)n1. The van der Waals surface area contributed by atoms with Gasteiger partial charge in [-0.05, 0) is 44.2 Å². The lowest BCUT2D eigenvalue weighted by atomic mass is 10.0. The summed E-state index contributed by atoms with van der Waals surface area (Å²) in [6.45, 7) is 3.78. The van der Waals surface area contributed by atoms with Crippen molar-refractivity contribution in [3.63, 3.8) is 0 Å². The molecule has 1 atom stereocenters. The van der Waals surface area contributed by atoms with Crippen LogP contribution in [-0.4, -0.2) is 23.2 Å². The highest BCUT2D eigenvalue weighted by molar-refractivity contribution is 5.77. The Hall–Kier alpha value is -2.15. The fraction of sp³-hybridized carbons (Fsp3) is 0.375. The number of benzene rings is 1. The van der Waals surface area contributed by atoms with Crippen LogP contribution in [0.3, 0.4) is 0 Å². The molecular formula is C16H18F3N3O. The zero-order valence-corrected chi connectivity index (χ0v) is 13.1. The van der Waals surface area contributed by atoms with Crippen LogP contribution in [0.5, 0.6) is 0 Å². The molecule has 0 saturated heterocycles. The topological polar surface area (TPSA) is 51.0 Å². The maximum absolute atomic E-state index is 12.6. The Bertz CT molecular complexity index is 675. The summed E-state index contributed by atoms with van der Waals surface area (Å²) < 4.78 is 42.8. The van der Waals surface area contributed by atoms with Crippen LogP contribution >= 0.6 is 0 Å². The van der Waals surface area contributed by atoms with Crippen molar-refractivity contribution in [2.45, 2.75) is 32.5 Å². The van der Waals surface area contributed by atoms with E-state index in [0.717, 1.165) is 17.7 Å². The molecule has 0 aliphatic rings. The molecule has 0 aliphatic carbocycles. The Kier molecular flexibility index (Phi) is 5.20. The predicted molar refractivity (Wildman–Crippen MR) is 81.5 cm³/mol. The Morgan fingerprint density at radius 3 is 2.52 bits per heavy atom. The molecule has 0 fully saturated rings. The molecule has 0 saturated carbocycles. The van der Waals surface area contributed by atoms with Gasteiger partial charge in [-0.2, -0.15) is 18.2 Å². The Balaban J connectivity index is 2.13. The van der Waals surface area contributed by atoms with Gasteiger partial charge < -0.3 is 9.84 Å². The maximum atomic E-state index is 12.6. The van der Waals surface area contributed by atoms with E-state index in [-0.39, 0.29) is 6.04 Å². The normalized spacial score (nSPS) is 14.1. The van der Waals surface area contributed by atoms with Gasteiger partial charge in [0.25, 0.3) is 5.89 Å². The highest BCUT2D eigenvalue weighted by atomic mass is 19.4. The van der Waals surface area contributed by atoms with Gasteiger partial charge in [-0.15, -0.1) is 0 Å². The van der Waals surface area contributed by atoms with Crippen LogP contribution in [0, 0.1) is 0 Å². The molecule has 1 heterocycles. The minimum Gasteiger partial charge on any atom is -0.335 e. The lowest BCUT2D eigenvalue weighted by Gasteiger charge is -2.07. The lowest BCUT2D eigenvalue weighted by Crippen LogP contribution is -2.24. The molecule has 0 aliphatic heterocycles. The fourth-order valence-electron chi connectivity index (χ4n) is 1.98. The fourth-order valence-corrected chi connectivity index (χ4v) is 1.98. The number of aromatic nitrogens is 2. The number of nitrogens with one attached hydrogen (secondary N) is 1.